The molecule has 1 aromatic rings. The first-order chi connectivity index (χ1) is 6.27. The van der Waals surface area contributed by atoms with Gasteiger partial charge in [0.15, 0.2) is 0 Å². The summed E-state index contributed by atoms with van der Waals surface area (Å²) in [6.07, 6.45) is 4.81. The molecule has 1 amide bonds. The third-order valence-corrected chi connectivity index (χ3v) is 1.91. The summed E-state index contributed by atoms with van der Waals surface area (Å²) >= 11 is 0. The molecule has 2 N–H and O–H groups in total. The molecule has 0 aliphatic heterocycles. The van der Waals surface area contributed by atoms with Crippen molar-refractivity contribution < 1.29 is 4.79 Å². The average molecular weight is 181 g/mol. The monoisotopic (exact) mass is 181 g/mol. The standard InChI is InChI=1S/C9H15N3O/c1-3-7(12-8(13)4-2)9-10-5-6-11-9/h5-7H,3-4H2,1-2H3,(H,10,11)(H,12,13). The molecule has 4 heteroatoms. The molecule has 0 saturated carbocycles. The van der Waals surface area contributed by atoms with Crippen LogP contribution in [0.5, 0.6) is 0 Å². The summed E-state index contributed by atoms with van der Waals surface area (Å²) in [4.78, 5) is 18.2. The highest BCUT2D eigenvalue weighted by molar-refractivity contribution is 5.75. The van der Waals surface area contributed by atoms with Crippen LogP contribution in [0.3, 0.4) is 0 Å². The molecule has 0 saturated heterocycles. The second-order valence-corrected chi connectivity index (χ2v) is 2.86. The van der Waals surface area contributed by atoms with Crippen molar-refractivity contribution in [3.05, 3.63) is 18.2 Å². The number of hydrogen-bond donors (Lipinski definition) is 2. The van der Waals surface area contributed by atoms with Gasteiger partial charge >= 0.3 is 0 Å². The lowest BCUT2D eigenvalue weighted by Crippen LogP contribution is -2.27. The van der Waals surface area contributed by atoms with Gasteiger partial charge in [0.2, 0.25) is 5.91 Å². The van der Waals surface area contributed by atoms with Gasteiger partial charge in [-0.15, -0.1) is 0 Å². The number of nitrogens with zero attached hydrogens (tertiary/aromatic N) is 1. The van der Waals surface area contributed by atoms with Crippen LogP contribution in [0.1, 0.15) is 38.6 Å². The van der Waals surface area contributed by atoms with Gasteiger partial charge < -0.3 is 10.3 Å². The molecule has 1 aromatic heterocycles. The minimum absolute atomic E-state index is 0.0162. The van der Waals surface area contributed by atoms with E-state index in [1.807, 2.05) is 13.8 Å². The maximum atomic E-state index is 11.1. The zero-order valence-electron chi connectivity index (χ0n) is 8.00. The van der Waals surface area contributed by atoms with E-state index in [-0.39, 0.29) is 11.9 Å². The van der Waals surface area contributed by atoms with Crippen LogP contribution in [0.4, 0.5) is 0 Å². The third kappa shape index (κ3) is 2.57. The quantitative estimate of drug-likeness (QED) is 0.737. The number of carbonyl (C=O) groups excluding carboxylic acids is 1. The van der Waals surface area contributed by atoms with Crippen molar-refractivity contribution in [3.8, 4) is 0 Å². The minimum Gasteiger partial charge on any atom is -0.347 e. The van der Waals surface area contributed by atoms with Crippen molar-refractivity contribution >= 4 is 5.91 Å². The summed E-state index contributed by atoms with van der Waals surface area (Å²) < 4.78 is 0. The second-order valence-electron chi connectivity index (χ2n) is 2.86. The Morgan fingerprint density at radius 1 is 1.69 bits per heavy atom. The summed E-state index contributed by atoms with van der Waals surface area (Å²) in [6.45, 7) is 3.85. The predicted octanol–water partition coefficient (Wildman–Crippen LogP) is 1.39. The minimum atomic E-state index is 0.0162. The smallest absolute Gasteiger partial charge is 0.220 e. The normalized spacial score (nSPS) is 12.5. The van der Waals surface area contributed by atoms with E-state index in [0.29, 0.717) is 6.42 Å². The Kier molecular flexibility index (Phi) is 3.49. The Morgan fingerprint density at radius 3 is 2.92 bits per heavy atom. The topological polar surface area (TPSA) is 57.8 Å². The van der Waals surface area contributed by atoms with E-state index >= 15 is 0 Å². The van der Waals surface area contributed by atoms with E-state index in [2.05, 4.69) is 15.3 Å². The van der Waals surface area contributed by atoms with Crippen LogP contribution >= 0.6 is 0 Å². The molecule has 0 radical (unpaired) electrons. The second kappa shape index (κ2) is 4.64. The Balaban J connectivity index is 2.58. The van der Waals surface area contributed by atoms with Gasteiger partial charge in [-0.3, -0.25) is 4.79 Å². The molecule has 0 bridgehead atoms. The summed E-state index contributed by atoms with van der Waals surface area (Å²) in [6, 6.07) is 0.0162. The molecule has 0 spiro atoms. The van der Waals surface area contributed by atoms with Gasteiger partial charge in [0.25, 0.3) is 0 Å². The molecule has 0 aliphatic carbocycles. The Morgan fingerprint density at radius 2 is 2.46 bits per heavy atom. The lowest BCUT2D eigenvalue weighted by Gasteiger charge is -2.13. The maximum absolute atomic E-state index is 11.1. The van der Waals surface area contributed by atoms with Gasteiger partial charge in [0, 0.05) is 18.8 Å². The summed E-state index contributed by atoms with van der Waals surface area (Å²) in [5.74, 6) is 0.882. The molecule has 72 valence electrons. The highest BCUT2D eigenvalue weighted by Crippen LogP contribution is 2.10. The Hall–Kier alpha value is -1.32. The van der Waals surface area contributed by atoms with E-state index < -0.39 is 0 Å². The van der Waals surface area contributed by atoms with E-state index in [1.165, 1.54) is 0 Å². The van der Waals surface area contributed by atoms with Gasteiger partial charge in [-0.1, -0.05) is 13.8 Å². The number of aromatic nitrogens is 2. The van der Waals surface area contributed by atoms with Crippen LogP contribution in [0.25, 0.3) is 0 Å². The first-order valence-electron chi connectivity index (χ1n) is 4.56. The molecular formula is C9H15N3O. The zero-order valence-corrected chi connectivity index (χ0v) is 8.00. The van der Waals surface area contributed by atoms with Crippen molar-refractivity contribution in [3.63, 3.8) is 0 Å². The fourth-order valence-corrected chi connectivity index (χ4v) is 1.13. The van der Waals surface area contributed by atoms with E-state index in [4.69, 9.17) is 0 Å². The number of nitrogens with one attached hydrogen (secondary N) is 2. The third-order valence-electron chi connectivity index (χ3n) is 1.91. The van der Waals surface area contributed by atoms with Crippen LogP contribution in [-0.4, -0.2) is 15.9 Å². The van der Waals surface area contributed by atoms with E-state index in [1.54, 1.807) is 12.4 Å². The highest BCUT2D eigenvalue weighted by Gasteiger charge is 2.12. The average Bonchev–Trinajstić information content (AvgIpc) is 2.66. The lowest BCUT2D eigenvalue weighted by atomic mass is 10.2. The fraction of sp³-hybridized carbons (Fsp3) is 0.556. The first-order valence-corrected chi connectivity index (χ1v) is 4.56. The van der Waals surface area contributed by atoms with Crippen molar-refractivity contribution in [2.24, 2.45) is 0 Å². The largest absolute Gasteiger partial charge is 0.347 e. The Labute approximate surface area is 77.8 Å². The molecule has 1 heterocycles. The molecule has 0 aliphatic rings. The molecular weight excluding hydrogens is 166 g/mol. The highest BCUT2D eigenvalue weighted by atomic mass is 16.1. The molecule has 1 unspecified atom stereocenters. The van der Waals surface area contributed by atoms with Crippen LogP contribution in [0, 0.1) is 0 Å². The first kappa shape index (κ1) is 9.77. The van der Waals surface area contributed by atoms with E-state index in [0.717, 1.165) is 12.2 Å². The molecule has 0 aromatic carbocycles. The van der Waals surface area contributed by atoms with Gasteiger partial charge in [-0.2, -0.15) is 0 Å². The van der Waals surface area contributed by atoms with Crippen LogP contribution in [0.15, 0.2) is 12.4 Å². The number of rotatable bonds is 4. The summed E-state index contributed by atoms with van der Waals surface area (Å²) in [5.41, 5.74) is 0. The number of imidazole rings is 1. The number of aromatic amines is 1. The predicted molar refractivity (Wildman–Crippen MR) is 50.1 cm³/mol. The van der Waals surface area contributed by atoms with E-state index in [9.17, 15) is 4.79 Å². The number of amides is 1. The molecule has 1 rings (SSSR count). The van der Waals surface area contributed by atoms with Crippen molar-refractivity contribution in [1.82, 2.24) is 15.3 Å². The fourth-order valence-electron chi connectivity index (χ4n) is 1.13. The molecule has 1 atom stereocenters. The lowest BCUT2D eigenvalue weighted by molar-refractivity contribution is -0.121. The number of carbonyl (C=O) groups is 1. The van der Waals surface area contributed by atoms with Gasteiger partial charge in [0.1, 0.15) is 5.82 Å². The van der Waals surface area contributed by atoms with Crippen LogP contribution < -0.4 is 5.32 Å². The van der Waals surface area contributed by atoms with Crippen molar-refractivity contribution in [2.45, 2.75) is 32.7 Å². The van der Waals surface area contributed by atoms with Gasteiger partial charge in [0.05, 0.1) is 6.04 Å². The van der Waals surface area contributed by atoms with Gasteiger partial charge in [-0.05, 0) is 6.42 Å². The Bertz CT molecular complexity index is 256. The van der Waals surface area contributed by atoms with Crippen molar-refractivity contribution in [2.75, 3.05) is 0 Å². The van der Waals surface area contributed by atoms with Crippen LogP contribution in [-0.2, 0) is 4.79 Å². The van der Waals surface area contributed by atoms with Crippen molar-refractivity contribution in [1.29, 1.82) is 0 Å². The summed E-state index contributed by atoms with van der Waals surface area (Å²) in [7, 11) is 0. The molecule has 13 heavy (non-hydrogen) atoms. The molecule has 4 nitrogen and oxygen atoms in total. The number of hydrogen-bond acceptors (Lipinski definition) is 2. The maximum Gasteiger partial charge on any atom is 0.220 e. The molecule has 0 fully saturated rings. The van der Waals surface area contributed by atoms with Crippen LogP contribution in [0.2, 0.25) is 0 Å². The summed E-state index contributed by atoms with van der Waals surface area (Å²) in [5, 5.41) is 2.89. The zero-order chi connectivity index (χ0) is 9.68. The SMILES string of the molecule is CCC(=O)NC(CC)c1ncc[nH]1. The van der Waals surface area contributed by atoms with Gasteiger partial charge in [-0.25, -0.2) is 4.98 Å². The number of H-pyrrole nitrogens is 1.